The van der Waals surface area contributed by atoms with Gasteiger partial charge in [-0.25, -0.2) is 0 Å². The van der Waals surface area contributed by atoms with E-state index in [1.54, 1.807) is 18.3 Å². The van der Waals surface area contributed by atoms with Crippen molar-refractivity contribution in [3.63, 3.8) is 0 Å². The Morgan fingerprint density at radius 1 is 1.31 bits per heavy atom. The number of aromatic nitrogens is 1. The fourth-order valence-corrected chi connectivity index (χ4v) is 1.49. The number of halogens is 3. The number of carbonyl (C=O) groups excluding carboxylic acids is 1. The molecule has 0 saturated carbocycles. The van der Waals surface area contributed by atoms with Crippen molar-refractivity contribution in [1.82, 2.24) is 4.98 Å². The molecule has 0 bridgehead atoms. The van der Waals surface area contributed by atoms with E-state index >= 15 is 0 Å². The van der Waals surface area contributed by atoms with Gasteiger partial charge in [0.15, 0.2) is 0 Å². The van der Waals surface area contributed by atoms with Gasteiger partial charge in [-0.05, 0) is 35.9 Å². The maximum atomic E-state index is 12.6. The molecule has 1 aromatic carbocycles. The third-order valence-corrected chi connectivity index (χ3v) is 2.29. The van der Waals surface area contributed by atoms with Crippen molar-refractivity contribution in [1.29, 1.82) is 0 Å². The molecular formula is C11H6ClF2NO. The molecule has 0 spiro atoms. The molecule has 0 N–H and O–H groups in total. The van der Waals surface area contributed by atoms with Crippen molar-refractivity contribution in [3.8, 4) is 0 Å². The van der Waals surface area contributed by atoms with Crippen LogP contribution in [0.3, 0.4) is 0 Å². The number of pyridine rings is 1. The van der Waals surface area contributed by atoms with Crippen LogP contribution in [-0.2, 0) is 0 Å². The lowest BCUT2D eigenvalue weighted by molar-refractivity contribution is 0.0536. The third-order valence-electron chi connectivity index (χ3n) is 2.12. The number of carbonyl (C=O) groups is 1. The second kappa shape index (κ2) is 3.79. The van der Waals surface area contributed by atoms with E-state index in [1.165, 1.54) is 18.2 Å². The highest BCUT2D eigenvalue weighted by Crippen LogP contribution is 2.25. The first-order valence-corrected chi connectivity index (χ1v) is 4.82. The van der Waals surface area contributed by atoms with Crippen molar-refractivity contribution < 1.29 is 13.6 Å². The summed E-state index contributed by atoms with van der Waals surface area (Å²) in [6.45, 7) is 0. The van der Waals surface area contributed by atoms with Crippen LogP contribution >= 0.6 is 11.6 Å². The summed E-state index contributed by atoms with van der Waals surface area (Å²) in [7, 11) is 0. The Morgan fingerprint density at radius 2 is 2.06 bits per heavy atom. The molecule has 0 radical (unpaired) electrons. The van der Waals surface area contributed by atoms with E-state index in [9.17, 15) is 13.6 Å². The molecule has 82 valence electrons. The van der Waals surface area contributed by atoms with Gasteiger partial charge in [0.1, 0.15) is 0 Å². The lowest BCUT2D eigenvalue weighted by Crippen LogP contribution is -2.21. The normalized spacial score (nSPS) is 11.7. The van der Waals surface area contributed by atoms with Gasteiger partial charge in [-0.2, -0.15) is 8.78 Å². The SMILES string of the molecule is O=C(c1ccc2ncccc2c1)C(F)(F)Cl. The lowest BCUT2D eigenvalue weighted by Gasteiger charge is -2.06. The van der Waals surface area contributed by atoms with Crippen LogP contribution in [0.15, 0.2) is 36.5 Å². The van der Waals surface area contributed by atoms with Gasteiger partial charge in [-0.15, -0.1) is 0 Å². The van der Waals surface area contributed by atoms with Gasteiger partial charge in [0, 0.05) is 17.1 Å². The van der Waals surface area contributed by atoms with Crippen molar-refractivity contribution in [3.05, 3.63) is 42.1 Å². The van der Waals surface area contributed by atoms with Crippen LogP contribution < -0.4 is 0 Å². The molecule has 0 aliphatic carbocycles. The third kappa shape index (κ3) is 2.02. The first-order valence-electron chi connectivity index (χ1n) is 4.45. The van der Waals surface area contributed by atoms with E-state index in [0.29, 0.717) is 10.9 Å². The van der Waals surface area contributed by atoms with Crippen LogP contribution in [0.25, 0.3) is 10.9 Å². The second-order valence-electron chi connectivity index (χ2n) is 3.24. The Kier molecular flexibility index (Phi) is 2.59. The number of benzene rings is 1. The number of ketones is 1. The van der Waals surface area contributed by atoms with E-state index in [0.717, 1.165) is 0 Å². The minimum atomic E-state index is -3.87. The summed E-state index contributed by atoms with van der Waals surface area (Å²) in [5, 5.41) is -3.25. The summed E-state index contributed by atoms with van der Waals surface area (Å²) in [5.74, 6) is -1.40. The number of hydrogen-bond acceptors (Lipinski definition) is 2. The number of alkyl halides is 3. The molecule has 16 heavy (non-hydrogen) atoms. The molecular weight excluding hydrogens is 236 g/mol. The number of Topliss-reactive ketones (excluding diaryl/α,β-unsaturated/α-hetero) is 1. The molecule has 5 heteroatoms. The fourth-order valence-electron chi connectivity index (χ4n) is 1.38. The van der Waals surface area contributed by atoms with Gasteiger partial charge < -0.3 is 0 Å². The Bertz CT molecular complexity index is 551. The summed E-state index contributed by atoms with van der Waals surface area (Å²) in [6, 6.07) is 7.49. The Balaban J connectivity index is 2.52. The van der Waals surface area contributed by atoms with E-state index in [2.05, 4.69) is 16.6 Å². The Labute approximate surface area is 94.9 Å². The summed E-state index contributed by atoms with van der Waals surface area (Å²) < 4.78 is 25.2. The molecule has 2 aromatic rings. The van der Waals surface area contributed by atoms with Crippen LogP contribution in [0.4, 0.5) is 8.78 Å². The molecule has 0 atom stereocenters. The van der Waals surface area contributed by atoms with Crippen molar-refractivity contribution >= 4 is 28.3 Å². The number of rotatable bonds is 2. The lowest BCUT2D eigenvalue weighted by atomic mass is 10.1. The molecule has 2 nitrogen and oxygen atoms in total. The number of hydrogen-bond donors (Lipinski definition) is 0. The minimum absolute atomic E-state index is 0.125. The quantitative estimate of drug-likeness (QED) is 0.597. The zero-order chi connectivity index (χ0) is 11.8. The fraction of sp³-hybridized carbons (Fsp3) is 0.0909. The molecule has 0 aliphatic rings. The van der Waals surface area contributed by atoms with Gasteiger partial charge in [0.2, 0.25) is 5.78 Å². The smallest absolute Gasteiger partial charge is 0.286 e. The van der Waals surface area contributed by atoms with Crippen molar-refractivity contribution in [2.75, 3.05) is 0 Å². The van der Waals surface area contributed by atoms with E-state index < -0.39 is 11.2 Å². The molecule has 0 fully saturated rings. The van der Waals surface area contributed by atoms with Gasteiger partial charge in [0.25, 0.3) is 0 Å². The average molecular weight is 242 g/mol. The van der Waals surface area contributed by atoms with E-state index in [1.807, 2.05) is 0 Å². The maximum Gasteiger partial charge on any atom is 0.384 e. The number of fused-ring (bicyclic) bond motifs is 1. The highest BCUT2D eigenvalue weighted by molar-refractivity contribution is 6.35. The van der Waals surface area contributed by atoms with Gasteiger partial charge >= 0.3 is 5.38 Å². The summed E-state index contributed by atoms with van der Waals surface area (Å²) in [5.41, 5.74) is 0.512. The predicted octanol–water partition coefficient (Wildman–Crippen LogP) is 3.25. The van der Waals surface area contributed by atoms with Crippen molar-refractivity contribution in [2.24, 2.45) is 0 Å². The minimum Gasteiger partial charge on any atom is -0.286 e. The number of nitrogens with zero attached hydrogens (tertiary/aromatic N) is 1. The summed E-state index contributed by atoms with van der Waals surface area (Å²) in [4.78, 5) is 15.2. The highest BCUT2D eigenvalue weighted by Gasteiger charge is 2.36. The standard InChI is InChI=1S/C11H6ClF2NO/c12-11(13,14)10(16)8-3-4-9-7(6-8)2-1-5-15-9/h1-6H. The monoisotopic (exact) mass is 241 g/mol. The zero-order valence-corrected chi connectivity index (χ0v) is 8.71. The van der Waals surface area contributed by atoms with Gasteiger partial charge in [0.05, 0.1) is 5.52 Å². The first kappa shape index (κ1) is 11.0. The van der Waals surface area contributed by atoms with Crippen LogP contribution in [0.2, 0.25) is 0 Å². The van der Waals surface area contributed by atoms with Gasteiger partial charge in [-0.1, -0.05) is 6.07 Å². The zero-order valence-electron chi connectivity index (χ0n) is 7.95. The largest absolute Gasteiger partial charge is 0.384 e. The molecule has 0 unspecified atom stereocenters. The topological polar surface area (TPSA) is 30.0 Å². The molecule has 0 saturated heterocycles. The summed E-state index contributed by atoms with van der Waals surface area (Å²) in [6.07, 6.45) is 1.58. The second-order valence-corrected chi connectivity index (χ2v) is 3.71. The highest BCUT2D eigenvalue weighted by atomic mass is 35.5. The molecule has 0 amide bonds. The van der Waals surface area contributed by atoms with Crippen LogP contribution in [0.5, 0.6) is 0 Å². The van der Waals surface area contributed by atoms with Gasteiger partial charge in [-0.3, -0.25) is 9.78 Å². The van der Waals surface area contributed by atoms with Crippen LogP contribution in [-0.4, -0.2) is 16.1 Å². The molecule has 2 rings (SSSR count). The van der Waals surface area contributed by atoms with E-state index in [-0.39, 0.29) is 5.56 Å². The molecule has 1 heterocycles. The summed E-state index contributed by atoms with van der Waals surface area (Å²) >= 11 is 4.67. The Morgan fingerprint density at radius 3 is 2.75 bits per heavy atom. The van der Waals surface area contributed by atoms with Crippen molar-refractivity contribution in [2.45, 2.75) is 5.38 Å². The Hall–Kier alpha value is -1.55. The average Bonchev–Trinajstić information content (AvgIpc) is 2.26. The van der Waals surface area contributed by atoms with Crippen LogP contribution in [0.1, 0.15) is 10.4 Å². The molecule has 1 aromatic heterocycles. The molecule has 0 aliphatic heterocycles. The van der Waals surface area contributed by atoms with E-state index in [4.69, 9.17) is 0 Å². The predicted molar refractivity (Wildman–Crippen MR) is 56.9 cm³/mol. The first-order chi connectivity index (χ1) is 7.48. The maximum absolute atomic E-state index is 12.6. The van der Waals surface area contributed by atoms with Crippen LogP contribution in [0, 0.1) is 0 Å².